The van der Waals surface area contributed by atoms with Gasteiger partial charge in [0.2, 0.25) is 0 Å². The lowest BCUT2D eigenvalue weighted by molar-refractivity contribution is 1.16. The van der Waals surface area contributed by atoms with Crippen molar-refractivity contribution in [3.05, 3.63) is 175 Å². The number of benzene rings is 8. The molecule has 9 aromatic rings. The Bertz CT molecular complexity index is 2740. The minimum atomic E-state index is 0.455. The van der Waals surface area contributed by atoms with Crippen LogP contribution in [-0.2, 0) is 0 Å². The standard InChI is InChI=1S/C46H27N3/c47-28-33-25-26-34(41(29-48)46(33)49-42-23-10-8-17-35(42)36-18-9-11-24-43(36)49)31-15-12-16-32(27-31)45-39-21-6-4-19-37(39)44(30-13-2-1-3-14-30)38-20-5-7-22-40(38)45/h1-27H. The van der Waals surface area contributed by atoms with Crippen molar-refractivity contribution in [2.45, 2.75) is 0 Å². The Morgan fingerprint density at radius 3 is 1.41 bits per heavy atom. The zero-order chi connectivity index (χ0) is 32.9. The van der Waals surface area contributed by atoms with Crippen LogP contribution < -0.4 is 0 Å². The van der Waals surface area contributed by atoms with Crippen molar-refractivity contribution in [2.75, 3.05) is 0 Å². The highest BCUT2D eigenvalue weighted by atomic mass is 15.0. The molecule has 1 heterocycles. The fourth-order valence-electron chi connectivity index (χ4n) is 7.63. The normalized spacial score (nSPS) is 11.2. The number of nitrogens with zero attached hydrogens (tertiary/aromatic N) is 3. The molecular formula is C46H27N3. The topological polar surface area (TPSA) is 52.5 Å². The predicted molar refractivity (Wildman–Crippen MR) is 202 cm³/mol. The molecule has 0 N–H and O–H groups in total. The highest BCUT2D eigenvalue weighted by Gasteiger charge is 2.22. The Morgan fingerprint density at radius 2 is 0.857 bits per heavy atom. The largest absolute Gasteiger partial charge is 0.307 e. The fraction of sp³-hybridized carbons (Fsp3) is 0. The molecule has 0 aliphatic heterocycles. The van der Waals surface area contributed by atoms with Crippen LogP contribution in [0.3, 0.4) is 0 Å². The smallest absolute Gasteiger partial charge is 0.102 e. The van der Waals surface area contributed by atoms with Gasteiger partial charge in [0.05, 0.1) is 27.8 Å². The van der Waals surface area contributed by atoms with Gasteiger partial charge in [0.15, 0.2) is 0 Å². The average molecular weight is 622 g/mol. The minimum absolute atomic E-state index is 0.455. The number of para-hydroxylation sites is 2. The van der Waals surface area contributed by atoms with Crippen molar-refractivity contribution < 1.29 is 0 Å². The monoisotopic (exact) mass is 621 g/mol. The summed E-state index contributed by atoms with van der Waals surface area (Å²) < 4.78 is 2.08. The Hall–Kier alpha value is -6.94. The van der Waals surface area contributed by atoms with Crippen molar-refractivity contribution in [1.82, 2.24) is 4.57 Å². The van der Waals surface area contributed by atoms with Crippen molar-refractivity contribution in [3.8, 4) is 51.2 Å². The summed E-state index contributed by atoms with van der Waals surface area (Å²) in [5.74, 6) is 0. The molecule has 1 aromatic heterocycles. The summed E-state index contributed by atoms with van der Waals surface area (Å²) in [5.41, 5.74) is 9.78. The molecule has 226 valence electrons. The number of nitriles is 2. The first-order valence-corrected chi connectivity index (χ1v) is 16.3. The maximum atomic E-state index is 10.9. The van der Waals surface area contributed by atoms with Crippen LogP contribution in [0.2, 0.25) is 0 Å². The predicted octanol–water partition coefficient (Wildman–Crippen LogP) is 11.8. The molecule has 0 saturated heterocycles. The van der Waals surface area contributed by atoms with E-state index in [0.29, 0.717) is 16.8 Å². The van der Waals surface area contributed by atoms with E-state index < -0.39 is 0 Å². The van der Waals surface area contributed by atoms with Crippen molar-refractivity contribution in [2.24, 2.45) is 0 Å². The number of fused-ring (bicyclic) bond motifs is 5. The molecule has 8 aromatic carbocycles. The van der Waals surface area contributed by atoms with Gasteiger partial charge in [-0.15, -0.1) is 0 Å². The molecule has 0 aliphatic rings. The highest BCUT2D eigenvalue weighted by Crippen LogP contribution is 2.45. The van der Waals surface area contributed by atoms with Crippen LogP contribution in [0.4, 0.5) is 0 Å². The van der Waals surface area contributed by atoms with Gasteiger partial charge in [0.1, 0.15) is 12.1 Å². The summed E-state index contributed by atoms with van der Waals surface area (Å²) in [4.78, 5) is 0. The van der Waals surface area contributed by atoms with Crippen LogP contribution >= 0.6 is 0 Å². The van der Waals surface area contributed by atoms with Crippen molar-refractivity contribution in [1.29, 1.82) is 10.5 Å². The first kappa shape index (κ1) is 28.3. The molecule has 0 fully saturated rings. The van der Waals surface area contributed by atoms with E-state index in [-0.39, 0.29) is 0 Å². The number of hydrogen-bond donors (Lipinski definition) is 0. The van der Waals surface area contributed by atoms with E-state index in [0.717, 1.165) is 44.1 Å². The maximum Gasteiger partial charge on any atom is 0.102 e. The Morgan fingerprint density at radius 1 is 0.388 bits per heavy atom. The summed E-state index contributed by atoms with van der Waals surface area (Å²) >= 11 is 0. The van der Waals surface area contributed by atoms with Gasteiger partial charge < -0.3 is 4.57 Å². The summed E-state index contributed by atoms with van der Waals surface area (Å²) in [6, 6.07) is 61.4. The molecule has 3 heteroatoms. The summed E-state index contributed by atoms with van der Waals surface area (Å²) in [6.07, 6.45) is 0. The van der Waals surface area contributed by atoms with Gasteiger partial charge >= 0.3 is 0 Å². The molecular weight excluding hydrogens is 595 g/mol. The zero-order valence-electron chi connectivity index (χ0n) is 26.4. The Kier molecular flexibility index (Phi) is 6.58. The molecule has 49 heavy (non-hydrogen) atoms. The molecule has 3 nitrogen and oxygen atoms in total. The van der Waals surface area contributed by atoms with Crippen LogP contribution in [0, 0.1) is 22.7 Å². The lowest BCUT2D eigenvalue weighted by Gasteiger charge is -2.19. The second-order valence-corrected chi connectivity index (χ2v) is 12.3. The van der Waals surface area contributed by atoms with Crippen LogP contribution in [-0.4, -0.2) is 4.57 Å². The lowest BCUT2D eigenvalue weighted by Crippen LogP contribution is -2.03. The zero-order valence-corrected chi connectivity index (χ0v) is 26.4. The van der Waals surface area contributed by atoms with E-state index in [2.05, 4.69) is 144 Å². The third-order valence-corrected chi connectivity index (χ3v) is 9.67. The van der Waals surface area contributed by atoms with Crippen LogP contribution in [0.1, 0.15) is 11.1 Å². The van der Waals surface area contributed by atoms with Crippen molar-refractivity contribution in [3.63, 3.8) is 0 Å². The fourth-order valence-corrected chi connectivity index (χ4v) is 7.63. The van der Waals surface area contributed by atoms with Gasteiger partial charge in [-0.1, -0.05) is 140 Å². The lowest BCUT2D eigenvalue weighted by atomic mass is 9.85. The van der Waals surface area contributed by atoms with E-state index in [4.69, 9.17) is 0 Å². The second kappa shape index (κ2) is 11.4. The summed E-state index contributed by atoms with van der Waals surface area (Å²) in [6.45, 7) is 0. The molecule has 0 aliphatic carbocycles. The first-order valence-electron chi connectivity index (χ1n) is 16.3. The van der Waals surface area contributed by atoms with Gasteiger partial charge in [-0.2, -0.15) is 10.5 Å². The third kappa shape index (κ3) is 4.35. The van der Waals surface area contributed by atoms with E-state index >= 15 is 0 Å². The van der Waals surface area contributed by atoms with E-state index in [1.807, 2.05) is 36.4 Å². The number of hydrogen-bond acceptors (Lipinski definition) is 2. The van der Waals surface area contributed by atoms with E-state index in [1.54, 1.807) is 0 Å². The highest BCUT2D eigenvalue weighted by molar-refractivity contribution is 6.21. The SMILES string of the molecule is N#Cc1ccc(-c2cccc(-c3c4ccccc4c(-c4ccccc4)c4ccccc34)c2)c(C#N)c1-n1c2ccccc2c2ccccc21. The first-order chi connectivity index (χ1) is 24.3. The number of aromatic nitrogens is 1. The van der Waals surface area contributed by atoms with Crippen LogP contribution in [0.25, 0.3) is 82.4 Å². The second-order valence-electron chi connectivity index (χ2n) is 12.3. The van der Waals surface area contributed by atoms with E-state index in [9.17, 15) is 10.5 Å². The van der Waals surface area contributed by atoms with Gasteiger partial charge in [0.25, 0.3) is 0 Å². The Labute approximate surface area is 283 Å². The van der Waals surface area contributed by atoms with Crippen LogP contribution in [0.5, 0.6) is 0 Å². The average Bonchev–Trinajstić information content (AvgIpc) is 3.50. The summed E-state index contributed by atoms with van der Waals surface area (Å²) in [5, 5.41) is 28.1. The van der Waals surface area contributed by atoms with Gasteiger partial charge in [-0.25, -0.2) is 0 Å². The maximum absolute atomic E-state index is 10.9. The molecule has 0 amide bonds. The van der Waals surface area contributed by atoms with Gasteiger partial charge in [0, 0.05) is 16.3 Å². The summed E-state index contributed by atoms with van der Waals surface area (Å²) in [7, 11) is 0. The molecule has 0 spiro atoms. The molecule has 9 rings (SSSR count). The van der Waals surface area contributed by atoms with Crippen molar-refractivity contribution >= 4 is 43.4 Å². The molecule has 0 atom stereocenters. The van der Waals surface area contributed by atoms with Gasteiger partial charge in [-0.05, 0) is 73.6 Å². The molecule has 0 unspecified atom stereocenters. The minimum Gasteiger partial charge on any atom is -0.307 e. The number of rotatable bonds is 4. The molecule has 0 saturated carbocycles. The van der Waals surface area contributed by atoms with E-state index in [1.165, 1.54) is 32.7 Å². The quantitative estimate of drug-likeness (QED) is 0.184. The van der Waals surface area contributed by atoms with Gasteiger partial charge in [-0.3, -0.25) is 0 Å². The van der Waals surface area contributed by atoms with Crippen LogP contribution in [0.15, 0.2) is 164 Å². The third-order valence-electron chi connectivity index (χ3n) is 9.67. The molecule has 0 radical (unpaired) electrons. The Balaban J connectivity index is 1.31. The molecule has 0 bridgehead atoms.